The quantitative estimate of drug-likeness (QED) is 0.808. The van der Waals surface area contributed by atoms with E-state index < -0.39 is 5.97 Å². The first-order valence-electron chi connectivity index (χ1n) is 4.40. The number of carbonyl (C=O) groups is 1. The predicted molar refractivity (Wildman–Crippen MR) is 55.3 cm³/mol. The Labute approximate surface area is 85.9 Å². The third kappa shape index (κ3) is 1.52. The molecule has 1 N–H and O–H groups in total. The largest absolute Gasteiger partial charge is 0.478 e. The summed E-state index contributed by atoms with van der Waals surface area (Å²) in [4.78, 5) is 16.7. The topological polar surface area (TPSA) is 66.6 Å². The van der Waals surface area contributed by atoms with E-state index in [4.69, 9.17) is 9.52 Å². The van der Waals surface area contributed by atoms with Crippen LogP contribution in [0.5, 0.6) is 0 Å². The summed E-state index contributed by atoms with van der Waals surface area (Å²) in [6.45, 7) is 0. The van der Waals surface area contributed by atoms with Crippen LogP contribution in [-0.4, -0.2) is 30.2 Å². The number of hydrogen-bond acceptors (Lipinski definition) is 4. The number of aromatic nitrogens is 1. The highest BCUT2D eigenvalue weighted by molar-refractivity contribution is 6.00. The Morgan fingerprint density at radius 1 is 1.47 bits per heavy atom. The zero-order valence-electron chi connectivity index (χ0n) is 8.39. The highest BCUT2D eigenvalue weighted by Crippen LogP contribution is 2.23. The molecule has 0 aliphatic rings. The van der Waals surface area contributed by atoms with Gasteiger partial charge < -0.3 is 14.4 Å². The van der Waals surface area contributed by atoms with Gasteiger partial charge in [-0.2, -0.15) is 4.98 Å². The number of hydrogen-bond donors (Lipinski definition) is 1. The number of fused-ring (bicyclic) bond motifs is 1. The molecule has 0 bridgehead atoms. The predicted octanol–water partition coefficient (Wildman–Crippen LogP) is 1.59. The summed E-state index contributed by atoms with van der Waals surface area (Å²) < 4.78 is 5.37. The Bertz CT molecular complexity index is 516. The summed E-state index contributed by atoms with van der Waals surface area (Å²) in [6.07, 6.45) is 0. The first kappa shape index (κ1) is 9.51. The van der Waals surface area contributed by atoms with Crippen molar-refractivity contribution in [2.45, 2.75) is 0 Å². The van der Waals surface area contributed by atoms with E-state index in [9.17, 15) is 4.79 Å². The van der Waals surface area contributed by atoms with Gasteiger partial charge in [0.05, 0.1) is 5.56 Å². The van der Waals surface area contributed by atoms with Crippen LogP contribution in [0.25, 0.3) is 11.1 Å². The second-order valence-electron chi connectivity index (χ2n) is 3.35. The Kier molecular flexibility index (Phi) is 2.07. The third-order valence-corrected chi connectivity index (χ3v) is 2.02. The Morgan fingerprint density at radius 3 is 2.80 bits per heavy atom. The van der Waals surface area contributed by atoms with Gasteiger partial charge in [0.15, 0.2) is 5.58 Å². The van der Waals surface area contributed by atoms with E-state index in [1.165, 1.54) is 6.07 Å². The molecule has 2 aromatic rings. The smallest absolute Gasteiger partial charge is 0.338 e. The van der Waals surface area contributed by atoms with E-state index in [1.54, 1.807) is 31.1 Å². The number of benzene rings is 1. The van der Waals surface area contributed by atoms with Gasteiger partial charge >= 0.3 is 5.97 Å². The van der Waals surface area contributed by atoms with Gasteiger partial charge in [0.25, 0.3) is 6.01 Å². The van der Waals surface area contributed by atoms with Gasteiger partial charge in [0, 0.05) is 14.1 Å². The molecule has 2 rings (SSSR count). The fourth-order valence-electron chi connectivity index (χ4n) is 1.30. The molecule has 0 amide bonds. The van der Waals surface area contributed by atoms with Gasteiger partial charge in [0.2, 0.25) is 0 Å². The van der Waals surface area contributed by atoms with Gasteiger partial charge in [-0.1, -0.05) is 6.07 Å². The summed E-state index contributed by atoms with van der Waals surface area (Å²) >= 11 is 0. The third-order valence-electron chi connectivity index (χ3n) is 2.02. The van der Waals surface area contributed by atoms with Crippen LogP contribution in [0.4, 0.5) is 6.01 Å². The van der Waals surface area contributed by atoms with Crippen LogP contribution in [0, 0.1) is 0 Å². The molecule has 1 heterocycles. The van der Waals surface area contributed by atoms with Crippen LogP contribution in [-0.2, 0) is 0 Å². The average Bonchev–Trinajstić information content (AvgIpc) is 2.60. The molecule has 15 heavy (non-hydrogen) atoms. The van der Waals surface area contributed by atoms with Crippen LogP contribution in [0.3, 0.4) is 0 Å². The molecule has 0 aliphatic carbocycles. The summed E-state index contributed by atoms with van der Waals surface area (Å²) in [5.74, 6) is -1.00. The highest BCUT2D eigenvalue weighted by atomic mass is 16.4. The van der Waals surface area contributed by atoms with Crippen LogP contribution in [0.15, 0.2) is 22.6 Å². The summed E-state index contributed by atoms with van der Waals surface area (Å²) in [5, 5.41) is 8.94. The Hall–Kier alpha value is -2.04. The van der Waals surface area contributed by atoms with Crippen molar-refractivity contribution < 1.29 is 14.3 Å². The van der Waals surface area contributed by atoms with Gasteiger partial charge in [-0.05, 0) is 12.1 Å². The van der Waals surface area contributed by atoms with Crippen LogP contribution < -0.4 is 4.90 Å². The minimum atomic E-state index is -1.00. The fraction of sp³-hybridized carbons (Fsp3) is 0.200. The van der Waals surface area contributed by atoms with E-state index in [-0.39, 0.29) is 5.56 Å². The molecule has 0 radical (unpaired) electrons. The minimum absolute atomic E-state index is 0.157. The monoisotopic (exact) mass is 206 g/mol. The normalized spacial score (nSPS) is 10.5. The maximum Gasteiger partial charge on any atom is 0.338 e. The Morgan fingerprint density at radius 2 is 2.20 bits per heavy atom. The van der Waals surface area contributed by atoms with Crippen molar-refractivity contribution >= 4 is 23.1 Å². The van der Waals surface area contributed by atoms with Crippen LogP contribution in [0.1, 0.15) is 10.4 Å². The second-order valence-corrected chi connectivity index (χ2v) is 3.35. The summed E-state index contributed by atoms with van der Waals surface area (Å²) in [7, 11) is 3.57. The number of anilines is 1. The number of carboxylic acids is 1. The summed E-state index contributed by atoms with van der Waals surface area (Å²) in [5.41, 5.74) is 1.02. The number of nitrogens with zero attached hydrogens (tertiary/aromatic N) is 2. The number of para-hydroxylation sites is 1. The number of carboxylic acid groups (broad SMARTS) is 1. The maximum absolute atomic E-state index is 10.9. The molecular formula is C10H10N2O3. The SMILES string of the molecule is CN(C)c1nc2c(C(=O)O)cccc2o1. The maximum atomic E-state index is 10.9. The van der Waals surface area contributed by atoms with E-state index in [2.05, 4.69) is 4.98 Å². The van der Waals surface area contributed by atoms with Crippen LogP contribution >= 0.6 is 0 Å². The molecule has 1 aromatic heterocycles. The molecule has 0 spiro atoms. The standard InChI is InChI=1S/C10H10N2O3/c1-12(2)10-11-8-6(9(13)14)4-3-5-7(8)15-10/h3-5H,1-2H3,(H,13,14). The molecule has 0 saturated carbocycles. The van der Waals surface area contributed by atoms with E-state index in [1.807, 2.05) is 0 Å². The van der Waals surface area contributed by atoms with Crippen molar-refractivity contribution in [3.8, 4) is 0 Å². The lowest BCUT2D eigenvalue weighted by atomic mass is 10.2. The summed E-state index contributed by atoms with van der Waals surface area (Å²) in [6, 6.07) is 5.24. The van der Waals surface area contributed by atoms with Crippen LogP contribution in [0.2, 0.25) is 0 Å². The lowest BCUT2D eigenvalue weighted by molar-refractivity contribution is 0.0699. The molecule has 0 fully saturated rings. The van der Waals surface area contributed by atoms with Crippen molar-refractivity contribution in [1.29, 1.82) is 0 Å². The molecule has 1 aromatic carbocycles. The van der Waals surface area contributed by atoms with Gasteiger partial charge in [-0.25, -0.2) is 4.79 Å². The van der Waals surface area contributed by atoms with E-state index in [0.29, 0.717) is 17.1 Å². The number of rotatable bonds is 2. The number of aromatic carboxylic acids is 1. The van der Waals surface area contributed by atoms with Crippen molar-refractivity contribution in [3.63, 3.8) is 0 Å². The molecule has 5 nitrogen and oxygen atoms in total. The molecular weight excluding hydrogens is 196 g/mol. The Balaban J connectivity index is 2.70. The molecule has 5 heteroatoms. The van der Waals surface area contributed by atoms with E-state index >= 15 is 0 Å². The number of oxazole rings is 1. The fourth-order valence-corrected chi connectivity index (χ4v) is 1.30. The lowest BCUT2D eigenvalue weighted by Gasteiger charge is -2.03. The van der Waals surface area contributed by atoms with Gasteiger partial charge in [-0.3, -0.25) is 0 Å². The van der Waals surface area contributed by atoms with Crippen molar-refractivity contribution in [2.75, 3.05) is 19.0 Å². The second kappa shape index (κ2) is 3.27. The first-order chi connectivity index (χ1) is 7.09. The molecule has 0 atom stereocenters. The van der Waals surface area contributed by atoms with Crippen molar-refractivity contribution in [1.82, 2.24) is 4.98 Å². The zero-order valence-corrected chi connectivity index (χ0v) is 8.39. The molecule has 0 saturated heterocycles. The lowest BCUT2D eigenvalue weighted by Crippen LogP contribution is -2.08. The highest BCUT2D eigenvalue weighted by Gasteiger charge is 2.14. The first-order valence-corrected chi connectivity index (χ1v) is 4.40. The van der Waals surface area contributed by atoms with Crippen molar-refractivity contribution in [3.05, 3.63) is 23.8 Å². The zero-order chi connectivity index (χ0) is 11.0. The van der Waals surface area contributed by atoms with E-state index in [0.717, 1.165) is 0 Å². The molecule has 78 valence electrons. The average molecular weight is 206 g/mol. The van der Waals surface area contributed by atoms with Gasteiger partial charge in [-0.15, -0.1) is 0 Å². The molecule has 0 aliphatic heterocycles. The minimum Gasteiger partial charge on any atom is -0.478 e. The molecule has 0 unspecified atom stereocenters. The van der Waals surface area contributed by atoms with Crippen molar-refractivity contribution in [2.24, 2.45) is 0 Å². The van der Waals surface area contributed by atoms with Gasteiger partial charge in [0.1, 0.15) is 5.52 Å².